The number of anilines is 1. The molecule has 0 saturated heterocycles. The SMILES string of the molecule is CCOCC(C)Nc1cccc(C(=O)NC)c1C. The number of benzene rings is 1. The molecule has 0 saturated carbocycles. The molecule has 0 aliphatic carbocycles. The maximum absolute atomic E-state index is 11.7. The maximum atomic E-state index is 11.7. The summed E-state index contributed by atoms with van der Waals surface area (Å²) in [7, 11) is 1.64. The van der Waals surface area contributed by atoms with Crippen molar-refractivity contribution in [2.45, 2.75) is 26.8 Å². The van der Waals surface area contributed by atoms with Crippen LogP contribution in [0, 0.1) is 6.92 Å². The molecule has 1 rings (SSSR count). The average Bonchev–Trinajstić information content (AvgIpc) is 2.38. The van der Waals surface area contributed by atoms with Crippen LogP contribution in [0.15, 0.2) is 18.2 Å². The monoisotopic (exact) mass is 250 g/mol. The molecule has 4 nitrogen and oxygen atoms in total. The Morgan fingerprint density at radius 1 is 1.44 bits per heavy atom. The van der Waals surface area contributed by atoms with E-state index in [1.54, 1.807) is 7.05 Å². The molecule has 0 bridgehead atoms. The Morgan fingerprint density at radius 3 is 2.78 bits per heavy atom. The van der Waals surface area contributed by atoms with Crippen LogP contribution in [0.3, 0.4) is 0 Å². The van der Waals surface area contributed by atoms with E-state index in [4.69, 9.17) is 4.74 Å². The molecular weight excluding hydrogens is 228 g/mol. The van der Waals surface area contributed by atoms with Crippen LogP contribution in [-0.4, -0.2) is 32.2 Å². The summed E-state index contributed by atoms with van der Waals surface area (Å²) in [5, 5.41) is 6.00. The zero-order valence-electron chi connectivity index (χ0n) is 11.5. The molecule has 0 heterocycles. The molecule has 1 unspecified atom stereocenters. The van der Waals surface area contributed by atoms with Gasteiger partial charge in [0.05, 0.1) is 6.61 Å². The van der Waals surface area contributed by atoms with Crippen LogP contribution in [0.1, 0.15) is 29.8 Å². The van der Waals surface area contributed by atoms with E-state index in [1.807, 2.05) is 32.0 Å². The molecule has 1 amide bonds. The number of hydrogen-bond donors (Lipinski definition) is 2. The summed E-state index contributed by atoms with van der Waals surface area (Å²) in [4.78, 5) is 11.7. The van der Waals surface area contributed by atoms with Crippen molar-refractivity contribution in [3.8, 4) is 0 Å². The lowest BCUT2D eigenvalue weighted by molar-refractivity contribution is 0.0962. The fourth-order valence-electron chi connectivity index (χ4n) is 1.77. The van der Waals surface area contributed by atoms with E-state index in [9.17, 15) is 4.79 Å². The molecule has 0 fully saturated rings. The second-order valence-electron chi connectivity index (χ2n) is 4.26. The molecule has 0 aliphatic heterocycles. The van der Waals surface area contributed by atoms with Gasteiger partial charge in [-0.1, -0.05) is 6.07 Å². The molecule has 0 aromatic heterocycles. The van der Waals surface area contributed by atoms with Gasteiger partial charge in [-0.05, 0) is 38.5 Å². The van der Waals surface area contributed by atoms with Crippen molar-refractivity contribution in [1.82, 2.24) is 5.32 Å². The molecule has 0 spiro atoms. The Morgan fingerprint density at radius 2 is 2.17 bits per heavy atom. The number of carbonyl (C=O) groups excluding carboxylic acids is 1. The fourth-order valence-corrected chi connectivity index (χ4v) is 1.77. The summed E-state index contributed by atoms with van der Waals surface area (Å²) in [6.07, 6.45) is 0. The van der Waals surface area contributed by atoms with E-state index in [0.717, 1.165) is 11.3 Å². The number of rotatable bonds is 6. The first-order valence-electron chi connectivity index (χ1n) is 6.26. The first-order valence-corrected chi connectivity index (χ1v) is 6.26. The minimum Gasteiger partial charge on any atom is -0.380 e. The molecule has 0 radical (unpaired) electrons. The van der Waals surface area contributed by atoms with Gasteiger partial charge in [-0.25, -0.2) is 0 Å². The lowest BCUT2D eigenvalue weighted by Gasteiger charge is -2.18. The number of hydrogen-bond acceptors (Lipinski definition) is 3. The van der Waals surface area contributed by atoms with Crippen molar-refractivity contribution in [3.05, 3.63) is 29.3 Å². The normalized spacial score (nSPS) is 12.0. The lowest BCUT2D eigenvalue weighted by atomic mass is 10.1. The molecule has 0 aliphatic rings. The highest BCUT2D eigenvalue weighted by Crippen LogP contribution is 2.19. The van der Waals surface area contributed by atoms with E-state index >= 15 is 0 Å². The minimum absolute atomic E-state index is 0.0615. The summed E-state index contributed by atoms with van der Waals surface area (Å²) < 4.78 is 5.36. The van der Waals surface area contributed by atoms with Crippen LogP contribution >= 0.6 is 0 Å². The van der Waals surface area contributed by atoms with Gasteiger partial charge in [0, 0.05) is 30.9 Å². The molecule has 100 valence electrons. The van der Waals surface area contributed by atoms with Gasteiger partial charge in [-0.2, -0.15) is 0 Å². The number of amides is 1. The number of ether oxygens (including phenoxy) is 1. The molecule has 18 heavy (non-hydrogen) atoms. The van der Waals surface area contributed by atoms with Gasteiger partial charge in [0.15, 0.2) is 0 Å². The van der Waals surface area contributed by atoms with E-state index in [2.05, 4.69) is 17.6 Å². The molecule has 2 N–H and O–H groups in total. The Balaban J connectivity index is 2.80. The number of carbonyl (C=O) groups is 1. The van der Waals surface area contributed by atoms with Crippen LogP contribution in [0.4, 0.5) is 5.69 Å². The van der Waals surface area contributed by atoms with Crippen molar-refractivity contribution < 1.29 is 9.53 Å². The van der Waals surface area contributed by atoms with Gasteiger partial charge in [-0.3, -0.25) is 4.79 Å². The maximum Gasteiger partial charge on any atom is 0.251 e. The predicted octanol–water partition coefficient (Wildman–Crippen LogP) is 2.19. The molecule has 1 aromatic rings. The predicted molar refractivity (Wildman–Crippen MR) is 74.1 cm³/mol. The van der Waals surface area contributed by atoms with Gasteiger partial charge in [0.25, 0.3) is 5.91 Å². The van der Waals surface area contributed by atoms with Gasteiger partial charge in [0.2, 0.25) is 0 Å². The molecule has 1 aromatic carbocycles. The van der Waals surface area contributed by atoms with E-state index < -0.39 is 0 Å². The third kappa shape index (κ3) is 3.74. The zero-order valence-corrected chi connectivity index (χ0v) is 11.5. The Kier molecular flexibility index (Phi) is 5.65. The zero-order chi connectivity index (χ0) is 13.5. The second kappa shape index (κ2) is 7.01. The van der Waals surface area contributed by atoms with E-state index in [-0.39, 0.29) is 11.9 Å². The highest BCUT2D eigenvalue weighted by molar-refractivity contribution is 5.96. The van der Waals surface area contributed by atoms with Crippen LogP contribution in [0.2, 0.25) is 0 Å². The standard InChI is InChI=1S/C14H22N2O2/c1-5-18-9-10(2)16-13-8-6-7-12(11(13)3)14(17)15-4/h6-8,10,16H,5,9H2,1-4H3,(H,15,17). The van der Waals surface area contributed by atoms with Gasteiger partial charge >= 0.3 is 0 Å². The Labute approximate surface area is 109 Å². The fraction of sp³-hybridized carbons (Fsp3) is 0.500. The first-order chi connectivity index (χ1) is 8.60. The van der Waals surface area contributed by atoms with Crippen LogP contribution < -0.4 is 10.6 Å². The summed E-state index contributed by atoms with van der Waals surface area (Å²) in [5.74, 6) is -0.0615. The van der Waals surface area contributed by atoms with Crippen molar-refractivity contribution >= 4 is 11.6 Å². The second-order valence-corrected chi connectivity index (χ2v) is 4.26. The lowest BCUT2D eigenvalue weighted by Crippen LogP contribution is -2.24. The smallest absolute Gasteiger partial charge is 0.251 e. The van der Waals surface area contributed by atoms with Crippen LogP contribution in [0.25, 0.3) is 0 Å². The topological polar surface area (TPSA) is 50.4 Å². The quantitative estimate of drug-likeness (QED) is 0.813. The van der Waals surface area contributed by atoms with E-state index in [0.29, 0.717) is 18.8 Å². The van der Waals surface area contributed by atoms with Crippen molar-refractivity contribution in [1.29, 1.82) is 0 Å². The average molecular weight is 250 g/mol. The van der Waals surface area contributed by atoms with Gasteiger partial charge in [0.1, 0.15) is 0 Å². The largest absolute Gasteiger partial charge is 0.380 e. The molecule has 4 heteroatoms. The van der Waals surface area contributed by atoms with Crippen LogP contribution in [0.5, 0.6) is 0 Å². The number of nitrogens with one attached hydrogen (secondary N) is 2. The Hall–Kier alpha value is -1.55. The summed E-state index contributed by atoms with van der Waals surface area (Å²) in [6.45, 7) is 7.34. The summed E-state index contributed by atoms with van der Waals surface area (Å²) >= 11 is 0. The van der Waals surface area contributed by atoms with Crippen molar-refractivity contribution in [2.75, 3.05) is 25.6 Å². The Bertz CT molecular complexity index is 405. The van der Waals surface area contributed by atoms with E-state index in [1.165, 1.54) is 0 Å². The van der Waals surface area contributed by atoms with Gasteiger partial charge in [-0.15, -0.1) is 0 Å². The molecule has 1 atom stereocenters. The van der Waals surface area contributed by atoms with Gasteiger partial charge < -0.3 is 15.4 Å². The molecular formula is C14H22N2O2. The van der Waals surface area contributed by atoms with Crippen molar-refractivity contribution in [3.63, 3.8) is 0 Å². The summed E-state index contributed by atoms with van der Waals surface area (Å²) in [5.41, 5.74) is 2.63. The minimum atomic E-state index is -0.0615. The third-order valence-corrected chi connectivity index (χ3v) is 2.78. The van der Waals surface area contributed by atoms with Crippen LogP contribution in [-0.2, 0) is 4.74 Å². The first kappa shape index (κ1) is 14.5. The third-order valence-electron chi connectivity index (χ3n) is 2.78. The summed E-state index contributed by atoms with van der Waals surface area (Å²) in [6, 6.07) is 5.90. The highest BCUT2D eigenvalue weighted by atomic mass is 16.5. The highest BCUT2D eigenvalue weighted by Gasteiger charge is 2.11. The van der Waals surface area contributed by atoms with Crippen molar-refractivity contribution in [2.24, 2.45) is 0 Å².